The van der Waals surface area contributed by atoms with Crippen LogP contribution in [0.4, 0.5) is 0 Å². The molecule has 0 bridgehead atoms. The van der Waals surface area contributed by atoms with E-state index in [1.165, 1.54) is 21.6 Å². The Morgan fingerprint density at radius 1 is 1.06 bits per heavy atom. The Kier molecular flexibility index (Phi) is 4.45. The summed E-state index contributed by atoms with van der Waals surface area (Å²) in [6.07, 6.45) is 0. The summed E-state index contributed by atoms with van der Waals surface area (Å²) in [6.45, 7) is 4.28. The first-order valence-electron chi connectivity index (χ1n) is 6.17. The van der Waals surface area contributed by atoms with Crippen molar-refractivity contribution >= 4 is 11.8 Å². The SMILES string of the molecule is Cc1ccc(SCC(N)c2ccccc2)c(C)c1. The highest BCUT2D eigenvalue weighted by molar-refractivity contribution is 7.99. The second kappa shape index (κ2) is 6.07. The Hall–Kier alpha value is -1.25. The van der Waals surface area contributed by atoms with Gasteiger partial charge in [-0.05, 0) is 31.0 Å². The Bertz CT molecular complexity index is 508. The number of nitrogens with two attached hydrogens (primary N) is 1. The average Bonchev–Trinajstić information content (AvgIpc) is 2.38. The predicted molar refractivity (Wildman–Crippen MR) is 80.0 cm³/mol. The van der Waals surface area contributed by atoms with Crippen molar-refractivity contribution in [3.05, 3.63) is 65.2 Å². The Morgan fingerprint density at radius 2 is 1.78 bits per heavy atom. The van der Waals surface area contributed by atoms with Crippen LogP contribution in [0.5, 0.6) is 0 Å². The molecule has 1 unspecified atom stereocenters. The van der Waals surface area contributed by atoms with Gasteiger partial charge in [0.05, 0.1) is 0 Å². The third kappa shape index (κ3) is 3.37. The third-order valence-electron chi connectivity index (χ3n) is 2.98. The van der Waals surface area contributed by atoms with Crippen molar-refractivity contribution in [3.63, 3.8) is 0 Å². The average molecular weight is 257 g/mol. The normalized spacial score (nSPS) is 12.4. The third-order valence-corrected chi connectivity index (χ3v) is 4.27. The first-order chi connectivity index (χ1) is 8.66. The molecule has 0 radical (unpaired) electrons. The van der Waals surface area contributed by atoms with E-state index in [2.05, 4.69) is 44.2 Å². The van der Waals surface area contributed by atoms with E-state index in [1.54, 1.807) is 0 Å². The summed E-state index contributed by atoms with van der Waals surface area (Å²) in [6, 6.07) is 16.9. The van der Waals surface area contributed by atoms with Crippen molar-refractivity contribution in [1.82, 2.24) is 0 Å². The summed E-state index contributed by atoms with van der Waals surface area (Å²) in [5.74, 6) is 0.911. The van der Waals surface area contributed by atoms with Crippen LogP contribution < -0.4 is 5.73 Å². The molecular formula is C16H19NS. The van der Waals surface area contributed by atoms with E-state index in [9.17, 15) is 0 Å². The smallest absolute Gasteiger partial charge is 0.0390 e. The zero-order chi connectivity index (χ0) is 13.0. The molecule has 2 heteroatoms. The highest BCUT2D eigenvalue weighted by Gasteiger charge is 2.07. The van der Waals surface area contributed by atoms with Gasteiger partial charge in [-0.2, -0.15) is 0 Å². The lowest BCUT2D eigenvalue weighted by molar-refractivity contribution is 0.831. The predicted octanol–water partition coefficient (Wildman–Crippen LogP) is 4.10. The van der Waals surface area contributed by atoms with Crippen molar-refractivity contribution in [2.45, 2.75) is 24.8 Å². The summed E-state index contributed by atoms with van der Waals surface area (Å²) in [5.41, 5.74) is 10.0. The lowest BCUT2D eigenvalue weighted by atomic mass is 10.1. The first-order valence-corrected chi connectivity index (χ1v) is 7.16. The van der Waals surface area contributed by atoms with E-state index in [0.29, 0.717) is 0 Å². The second-order valence-corrected chi connectivity index (χ2v) is 5.66. The van der Waals surface area contributed by atoms with Gasteiger partial charge in [-0.15, -0.1) is 11.8 Å². The maximum absolute atomic E-state index is 6.20. The van der Waals surface area contributed by atoms with Gasteiger partial charge in [0.1, 0.15) is 0 Å². The lowest BCUT2D eigenvalue weighted by Gasteiger charge is -2.13. The van der Waals surface area contributed by atoms with Crippen LogP contribution in [0.3, 0.4) is 0 Å². The molecule has 0 aromatic heterocycles. The van der Waals surface area contributed by atoms with E-state index in [0.717, 1.165) is 5.75 Å². The summed E-state index contributed by atoms with van der Waals surface area (Å²) < 4.78 is 0. The summed E-state index contributed by atoms with van der Waals surface area (Å²) in [7, 11) is 0. The summed E-state index contributed by atoms with van der Waals surface area (Å²) >= 11 is 1.83. The molecule has 1 atom stereocenters. The van der Waals surface area contributed by atoms with Crippen LogP contribution in [0.2, 0.25) is 0 Å². The van der Waals surface area contributed by atoms with Crippen molar-refractivity contribution < 1.29 is 0 Å². The largest absolute Gasteiger partial charge is 0.323 e. The highest BCUT2D eigenvalue weighted by atomic mass is 32.2. The molecule has 0 saturated carbocycles. The number of thioether (sulfide) groups is 1. The van der Waals surface area contributed by atoms with Crippen LogP contribution >= 0.6 is 11.8 Å². The molecule has 0 heterocycles. The fourth-order valence-electron chi connectivity index (χ4n) is 1.94. The molecule has 0 spiro atoms. The molecule has 0 fully saturated rings. The molecule has 2 rings (SSSR count). The molecule has 0 aliphatic rings. The quantitative estimate of drug-likeness (QED) is 0.835. The molecular weight excluding hydrogens is 238 g/mol. The molecule has 0 saturated heterocycles. The fraction of sp³-hybridized carbons (Fsp3) is 0.250. The maximum atomic E-state index is 6.20. The van der Waals surface area contributed by atoms with Crippen LogP contribution in [0.25, 0.3) is 0 Å². The fourth-order valence-corrected chi connectivity index (χ4v) is 2.94. The minimum absolute atomic E-state index is 0.0944. The second-order valence-electron chi connectivity index (χ2n) is 4.60. The van der Waals surface area contributed by atoms with E-state index in [4.69, 9.17) is 5.73 Å². The number of hydrogen-bond acceptors (Lipinski definition) is 2. The number of hydrogen-bond donors (Lipinski definition) is 1. The van der Waals surface area contributed by atoms with Crippen LogP contribution in [0.15, 0.2) is 53.4 Å². The molecule has 2 N–H and O–H groups in total. The monoisotopic (exact) mass is 257 g/mol. The molecule has 0 amide bonds. The van der Waals surface area contributed by atoms with E-state index >= 15 is 0 Å². The van der Waals surface area contributed by atoms with Crippen molar-refractivity contribution in [1.29, 1.82) is 0 Å². The van der Waals surface area contributed by atoms with Gasteiger partial charge >= 0.3 is 0 Å². The van der Waals surface area contributed by atoms with Crippen molar-refractivity contribution in [3.8, 4) is 0 Å². The molecule has 18 heavy (non-hydrogen) atoms. The number of aryl methyl sites for hydroxylation is 2. The van der Waals surface area contributed by atoms with Crippen LogP contribution in [-0.2, 0) is 0 Å². The van der Waals surface area contributed by atoms with E-state index in [-0.39, 0.29) is 6.04 Å². The van der Waals surface area contributed by atoms with Crippen molar-refractivity contribution in [2.24, 2.45) is 5.73 Å². The van der Waals surface area contributed by atoms with Gasteiger partial charge in [0.2, 0.25) is 0 Å². The highest BCUT2D eigenvalue weighted by Crippen LogP contribution is 2.26. The number of benzene rings is 2. The molecule has 2 aromatic carbocycles. The summed E-state index contributed by atoms with van der Waals surface area (Å²) in [4.78, 5) is 1.33. The van der Waals surface area contributed by atoms with Gasteiger partial charge in [0, 0.05) is 16.7 Å². The topological polar surface area (TPSA) is 26.0 Å². The minimum atomic E-state index is 0.0944. The molecule has 0 aliphatic carbocycles. The Labute approximate surface area is 113 Å². The van der Waals surface area contributed by atoms with Crippen LogP contribution in [-0.4, -0.2) is 5.75 Å². The zero-order valence-corrected chi connectivity index (χ0v) is 11.7. The van der Waals surface area contributed by atoms with E-state index < -0.39 is 0 Å². The Morgan fingerprint density at radius 3 is 2.44 bits per heavy atom. The van der Waals surface area contributed by atoms with Gasteiger partial charge in [0.25, 0.3) is 0 Å². The van der Waals surface area contributed by atoms with Gasteiger partial charge in [-0.3, -0.25) is 0 Å². The molecule has 0 aliphatic heterocycles. The van der Waals surface area contributed by atoms with E-state index in [1.807, 2.05) is 30.0 Å². The van der Waals surface area contributed by atoms with Crippen molar-refractivity contribution in [2.75, 3.05) is 5.75 Å². The van der Waals surface area contributed by atoms with Crippen LogP contribution in [0.1, 0.15) is 22.7 Å². The van der Waals surface area contributed by atoms with Gasteiger partial charge in [-0.1, -0.05) is 48.0 Å². The first kappa shape index (κ1) is 13.2. The molecule has 2 aromatic rings. The van der Waals surface area contributed by atoms with Gasteiger partial charge < -0.3 is 5.73 Å². The summed E-state index contributed by atoms with van der Waals surface area (Å²) in [5, 5.41) is 0. The minimum Gasteiger partial charge on any atom is -0.323 e. The van der Waals surface area contributed by atoms with Crippen LogP contribution in [0, 0.1) is 13.8 Å². The molecule has 94 valence electrons. The lowest BCUT2D eigenvalue weighted by Crippen LogP contribution is -2.12. The Balaban J connectivity index is 1.99. The van der Waals surface area contributed by atoms with Gasteiger partial charge in [0.15, 0.2) is 0 Å². The standard InChI is InChI=1S/C16H19NS/c1-12-8-9-16(13(2)10-12)18-11-15(17)14-6-4-3-5-7-14/h3-10,15H,11,17H2,1-2H3. The molecule has 1 nitrogen and oxygen atoms in total. The maximum Gasteiger partial charge on any atom is 0.0390 e. The zero-order valence-electron chi connectivity index (χ0n) is 10.9. The van der Waals surface area contributed by atoms with Gasteiger partial charge in [-0.25, -0.2) is 0 Å². The number of rotatable bonds is 4.